The van der Waals surface area contributed by atoms with Gasteiger partial charge in [0.2, 0.25) is 5.95 Å². The number of hydrogen-bond acceptors (Lipinski definition) is 4. The SMILES string of the molecule is Cc1ccc(Nc2nc3cccc(-c4cccc(OC(F)(F)F)c4)n3n2)cc1. The molecule has 2 aromatic carbocycles. The van der Waals surface area contributed by atoms with Crippen molar-refractivity contribution in [3.63, 3.8) is 0 Å². The second-order valence-electron chi connectivity index (χ2n) is 6.18. The summed E-state index contributed by atoms with van der Waals surface area (Å²) in [6.07, 6.45) is -4.75. The van der Waals surface area contributed by atoms with Crippen molar-refractivity contribution in [3.8, 4) is 17.0 Å². The summed E-state index contributed by atoms with van der Waals surface area (Å²) >= 11 is 0. The molecule has 0 aliphatic rings. The maximum absolute atomic E-state index is 12.5. The summed E-state index contributed by atoms with van der Waals surface area (Å²) in [6, 6.07) is 18.8. The van der Waals surface area contributed by atoms with Crippen molar-refractivity contribution in [1.82, 2.24) is 14.6 Å². The van der Waals surface area contributed by atoms with Crippen molar-refractivity contribution in [3.05, 3.63) is 72.3 Å². The molecule has 5 nitrogen and oxygen atoms in total. The monoisotopic (exact) mass is 384 g/mol. The third-order valence-electron chi connectivity index (χ3n) is 4.03. The van der Waals surface area contributed by atoms with Crippen molar-refractivity contribution >= 4 is 17.3 Å². The zero-order chi connectivity index (χ0) is 19.7. The first-order valence-electron chi connectivity index (χ1n) is 8.43. The fourth-order valence-corrected chi connectivity index (χ4v) is 2.80. The van der Waals surface area contributed by atoms with E-state index in [9.17, 15) is 13.2 Å². The van der Waals surface area contributed by atoms with E-state index in [0.717, 1.165) is 11.3 Å². The molecule has 0 atom stereocenters. The second kappa shape index (κ2) is 6.88. The van der Waals surface area contributed by atoms with Gasteiger partial charge in [0.25, 0.3) is 0 Å². The molecule has 4 rings (SSSR count). The first-order chi connectivity index (χ1) is 13.4. The molecule has 0 amide bonds. The first-order valence-corrected chi connectivity index (χ1v) is 8.43. The van der Waals surface area contributed by atoms with Gasteiger partial charge in [-0.05, 0) is 43.3 Å². The van der Waals surface area contributed by atoms with E-state index in [1.807, 2.05) is 31.2 Å². The minimum atomic E-state index is -4.75. The number of nitrogens with one attached hydrogen (secondary N) is 1. The zero-order valence-electron chi connectivity index (χ0n) is 14.7. The highest BCUT2D eigenvalue weighted by Gasteiger charge is 2.31. The summed E-state index contributed by atoms with van der Waals surface area (Å²) in [4.78, 5) is 4.43. The maximum atomic E-state index is 12.5. The van der Waals surface area contributed by atoms with Crippen LogP contribution in [0.5, 0.6) is 5.75 Å². The van der Waals surface area contributed by atoms with E-state index < -0.39 is 6.36 Å². The molecule has 2 aromatic heterocycles. The molecule has 0 unspecified atom stereocenters. The van der Waals surface area contributed by atoms with Crippen LogP contribution in [0.15, 0.2) is 66.7 Å². The number of rotatable bonds is 4. The van der Waals surface area contributed by atoms with Crippen molar-refractivity contribution < 1.29 is 17.9 Å². The van der Waals surface area contributed by atoms with Gasteiger partial charge in [-0.1, -0.05) is 35.9 Å². The number of hydrogen-bond donors (Lipinski definition) is 1. The normalized spacial score (nSPS) is 11.6. The van der Waals surface area contributed by atoms with Crippen molar-refractivity contribution in [2.24, 2.45) is 0 Å². The molecule has 2 heterocycles. The number of fused-ring (bicyclic) bond motifs is 1. The lowest BCUT2D eigenvalue weighted by molar-refractivity contribution is -0.274. The summed E-state index contributed by atoms with van der Waals surface area (Å²) in [5.41, 5.74) is 3.66. The van der Waals surface area contributed by atoms with E-state index in [1.165, 1.54) is 18.2 Å². The van der Waals surface area contributed by atoms with Crippen LogP contribution in [0.2, 0.25) is 0 Å². The Morgan fingerprint density at radius 1 is 0.964 bits per heavy atom. The van der Waals surface area contributed by atoms with Gasteiger partial charge in [-0.2, -0.15) is 4.98 Å². The quantitative estimate of drug-likeness (QED) is 0.516. The molecule has 0 aliphatic heterocycles. The van der Waals surface area contributed by atoms with E-state index in [-0.39, 0.29) is 5.75 Å². The molecule has 1 N–H and O–H groups in total. The Kier molecular flexibility index (Phi) is 4.38. The topological polar surface area (TPSA) is 51.5 Å². The van der Waals surface area contributed by atoms with Gasteiger partial charge < -0.3 is 10.1 Å². The molecule has 0 radical (unpaired) electrons. The molecule has 0 bridgehead atoms. The van der Waals surface area contributed by atoms with Gasteiger partial charge in [-0.15, -0.1) is 18.3 Å². The summed E-state index contributed by atoms with van der Waals surface area (Å²) < 4.78 is 43.1. The Balaban J connectivity index is 1.69. The number of benzene rings is 2. The van der Waals surface area contributed by atoms with Gasteiger partial charge in [0, 0.05) is 11.3 Å². The average Bonchev–Trinajstić information content (AvgIpc) is 3.05. The molecular formula is C20H15F3N4O. The van der Waals surface area contributed by atoms with Crippen LogP contribution in [0.3, 0.4) is 0 Å². The smallest absolute Gasteiger partial charge is 0.406 e. The fourth-order valence-electron chi connectivity index (χ4n) is 2.80. The Bertz CT molecular complexity index is 1120. The van der Waals surface area contributed by atoms with Crippen LogP contribution in [0.25, 0.3) is 16.9 Å². The number of nitrogens with zero attached hydrogens (tertiary/aromatic N) is 3. The van der Waals surface area contributed by atoms with E-state index in [1.54, 1.807) is 28.8 Å². The van der Waals surface area contributed by atoms with Gasteiger partial charge in [0.05, 0.1) is 5.69 Å². The zero-order valence-corrected chi connectivity index (χ0v) is 14.7. The average molecular weight is 384 g/mol. The third kappa shape index (κ3) is 3.90. The molecule has 142 valence electrons. The lowest BCUT2D eigenvalue weighted by Gasteiger charge is -2.10. The summed E-state index contributed by atoms with van der Waals surface area (Å²) in [7, 11) is 0. The molecule has 0 saturated heterocycles. The van der Waals surface area contributed by atoms with Gasteiger partial charge >= 0.3 is 6.36 Å². The molecule has 0 spiro atoms. The van der Waals surface area contributed by atoms with E-state index in [4.69, 9.17) is 0 Å². The van der Waals surface area contributed by atoms with Gasteiger partial charge in [-0.25, -0.2) is 4.52 Å². The predicted molar refractivity (Wildman–Crippen MR) is 99.6 cm³/mol. The summed E-state index contributed by atoms with van der Waals surface area (Å²) in [6.45, 7) is 2.00. The van der Waals surface area contributed by atoms with Crippen molar-refractivity contribution in [1.29, 1.82) is 0 Å². The van der Waals surface area contributed by atoms with E-state index >= 15 is 0 Å². The Morgan fingerprint density at radius 2 is 1.71 bits per heavy atom. The fraction of sp³-hybridized carbons (Fsp3) is 0.100. The lowest BCUT2D eigenvalue weighted by atomic mass is 10.1. The summed E-state index contributed by atoms with van der Waals surface area (Å²) in [5, 5.41) is 7.57. The highest BCUT2D eigenvalue weighted by Crippen LogP contribution is 2.28. The Morgan fingerprint density at radius 3 is 2.46 bits per heavy atom. The largest absolute Gasteiger partial charge is 0.573 e. The molecule has 4 aromatic rings. The second-order valence-corrected chi connectivity index (χ2v) is 6.18. The van der Waals surface area contributed by atoms with Crippen molar-refractivity contribution in [2.45, 2.75) is 13.3 Å². The van der Waals surface area contributed by atoms with Crippen LogP contribution in [0, 0.1) is 6.92 Å². The van der Waals surface area contributed by atoms with Crippen LogP contribution >= 0.6 is 0 Å². The van der Waals surface area contributed by atoms with Crippen LogP contribution in [-0.4, -0.2) is 21.0 Å². The minimum Gasteiger partial charge on any atom is -0.406 e. The Labute approximate surface area is 158 Å². The molecule has 0 aliphatic carbocycles. The maximum Gasteiger partial charge on any atom is 0.573 e. The molecule has 0 fully saturated rings. The van der Waals surface area contributed by atoms with Gasteiger partial charge in [-0.3, -0.25) is 0 Å². The Hall–Kier alpha value is -3.55. The van der Waals surface area contributed by atoms with Crippen LogP contribution in [-0.2, 0) is 0 Å². The van der Waals surface area contributed by atoms with E-state index in [2.05, 4.69) is 20.1 Å². The predicted octanol–water partition coefficient (Wildman–Crippen LogP) is 5.35. The molecule has 8 heteroatoms. The molecule has 0 saturated carbocycles. The standard InChI is InChI=1S/C20H15F3N4O/c1-13-8-10-15(11-9-13)24-19-25-18-7-3-6-17(27(18)26-19)14-4-2-5-16(12-14)28-20(21,22)23/h2-12H,1H3,(H,24,26). The number of halogens is 3. The van der Waals surface area contributed by atoms with Crippen LogP contribution in [0.1, 0.15) is 5.56 Å². The number of anilines is 2. The number of aromatic nitrogens is 3. The first kappa shape index (κ1) is 17.8. The van der Waals surface area contributed by atoms with Crippen LogP contribution in [0.4, 0.5) is 24.8 Å². The highest BCUT2D eigenvalue weighted by molar-refractivity contribution is 5.66. The van der Waals surface area contributed by atoms with Gasteiger partial charge in [0.1, 0.15) is 5.75 Å². The van der Waals surface area contributed by atoms with Crippen LogP contribution < -0.4 is 10.1 Å². The number of ether oxygens (including phenoxy) is 1. The number of pyridine rings is 1. The lowest BCUT2D eigenvalue weighted by Crippen LogP contribution is -2.17. The third-order valence-corrected chi connectivity index (χ3v) is 4.03. The highest BCUT2D eigenvalue weighted by atomic mass is 19.4. The molecular weight excluding hydrogens is 369 g/mol. The van der Waals surface area contributed by atoms with Gasteiger partial charge in [0.15, 0.2) is 5.65 Å². The van der Waals surface area contributed by atoms with Crippen molar-refractivity contribution in [2.75, 3.05) is 5.32 Å². The number of aryl methyl sites for hydroxylation is 1. The number of alkyl halides is 3. The minimum absolute atomic E-state index is 0.292. The summed E-state index contributed by atoms with van der Waals surface area (Å²) in [5.74, 6) is 0.0964. The van der Waals surface area contributed by atoms with E-state index in [0.29, 0.717) is 22.9 Å². The molecule has 28 heavy (non-hydrogen) atoms.